The molecule has 0 saturated heterocycles. The summed E-state index contributed by atoms with van der Waals surface area (Å²) in [4.78, 5) is 27.0. The molecule has 0 radical (unpaired) electrons. The Morgan fingerprint density at radius 1 is 1.23 bits per heavy atom. The number of nitrogens with one attached hydrogen (secondary N) is 1. The molecule has 0 unspecified atom stereocenters. The van der Waals surface area contributed by atoms with Crippen molar-refractivity contribution >= 4 is 40.8 Å². The molecule has 22 heavy (non-hydrogen) atoms. The molecule has 0 bridgehead atoms. The second-order valence-corrected chi connectivity index (χ2v) is 4.91. The van der Waals surface area contributed by atoms with E-state index in [1.54, 1.807) is 0 Å². The Morgan fingerprint density at radius 3 is 2.68 bits per heavy atom. The quantitative estimate of drug-likeness (QED) is 0.683. The summed E-state index contributed by atoms with van der Waals surface area (Å²) in [6.45, 7) is -0.547. The van der Waals surface area contributed by atoms with Crippen molar-refractivity contribution in [2.24, 2.45) is 0 Å². The van der Waals surface area contributed by atoms with Gasteiger partial charge in [0.05, 0.1) is 16.3 Å². The molecular weight excluding hydrogens is 334 g/mol. The van der Waals surface area contributed by atoms with Gasteiger partial charge in [-0.3, -0.25) is 4.79 Å². The summed E-state index contributed by atoms with van der Waals surface area (Å²) in [5, 5.41) is 2.74. The number of esters is 1. The van der Waals surface area contributed by atoms with Crippen molar-refractivity contribution in [1.29, 1.82) is 0 Å². The number of carbonyl (C=O) groups excluding carboxylic acids is 2. The summed E-state index contributed by atoms with van der Waals surface area (Å²) < 4.78 is 17.9. The highest BCUT2D eigenvalue weighted by Gasteiger charge is 2.12. The number of nitrogens with zero attached hydrogens (tertiary/aromatic N) is 1. The van der Waals surface area contributed by atoms with Gasteiger partial charge < -0.3 is 10.1 Å². The first-order valence-corrected chi connectivity index (χ1v) is 6.75. The molecule has 5 nitrogen and oxygen atoms in total. The number of ether oxygens (including phenoxy) is 1. The van der Waals surface area contributed by atoms with Gasteiger partial charge in [-0.2, -0.15) is 0 Å². The smallest absolute Gasteiger partial charge is 0.340 e. The number of pyridine rings is 1. The summed E-state index contributed by atoms with van der Waals surface area (Å²) in [7, 11) is 0. The van der Waals surface area contributed by atoms with Gasteiger partial charge in [-0.15, -0.1) is 0 Å². The van der Waals surface area contributed by atoms with Gasteiger partial charge in [0.25, 0.3) is 5.91 Å². The highest BCUT2D eigenvalue weighted by atomic mass is 35.5. The van der Waals surface area contributed by atoms with Gasteiger partial charge >= 0.3 is 5.97 Å². The Bertz CT molecular complexity index is 708. The zero-order valence-electron chi connectivity index (χ0n) is 11.0. The summed E-state index contributed by atoms with van der Waals surface area (Å²) in [6, 6.07) is 6.36. The highest BCUT2D eigenvalue weighted by Crippen LogP contribution is 2.22. The minimum Gasteiger partial charge on any atom is -0.452 e. The lowest BCUT2D eigenvalue weighted by molar-refractivity contribution is -0.119. The minimum absolute atomic E-state index is 0.0934. The Hall–Kier alpha value is -2.18. The van der Waals surface area contributed by atoms with Crippen LogP contribution in [0.15, 0.2) is 36.5 Å². The van der Waals surface area contributed by atoms with Gasteiger partial charge in [0.1, 0.15) is 11.0 Å². The van der Waals surface area contributed by atoms with Crippen molar-refractivity contribution in [1.82, 2.24) is 4.98 Å². The first-order valence-electron chi connectivity index (χ1n) is 5.99. The highest BCUT2D eigenvalue weighted by molar-refractivity contribution is 6.33. The maximum Gasteiger partial charge on any atom is 0.340 e. The number of hydrogen-bond donors (Lipinski definition) is 1. The van der Waals surface area contributed by atoms with Gasteiger partial charge in [-0.05, 0) is 30.3 Å². The molecule has 0 atom stereocenters. The molecule has 2 rings (SSSR count). The van der Waals surface area contributed by atoms with Crippen LogP contribution in [0, 0.1) is 5.82 Å². The lowest BCUT2D eigenvalue weighted by atomic mass is 10.3. The predicted molar refractivity (Wildman–Crippen MR) is 79.6 cm³/mol. The van der Waals surface area contributed by atoms with Crippen LogP contribution in [0.2, 0.25) is 10.2 Å². The first kappa shape index (κ1) is 16.2. The molecular formula is C14H9Cl2FN2O3. The van der Waals surface area contributed by atoms with Crippen LogP contribution < -0.4 is 5.32 Å². The van der Waals surface area contributed by atoms with E-state index in [2.05, 4.69) is 10.3 Å². The van der Waals surface area contributed by atoms with E-state index in [1.165, 1.54) is 24.4 Å². The Balaban J connectivity index is 1.91. The number of aromatic nitrogens is 1. The molecule has 2 aromatic rings. The largest absolute Gasteiger partial charge is 0.452 e. The summed E-state index contributed by atoms with van der Waals surface area (Å²) in [6.07, 6.45) is 1.23. The standard InChI is InChI=1S/C14H9Cl2FN2O3/c15-10-3-2-9(17)5-11(10)19-13(20)7-22-14(21)8-1-4-12(16)18-6-8/h1-6H,7H2,(H,19,20). The average molecular weight is 343 g/mol. The second kappa shape index (κ2) is 7.20. The SMILES string of the molecule is O=C(COC(=O)c1ccc(Cl)nc1)Nc1cc(F)ccc1Cl. The van der Waals surface area contributed by atoms with Crippen LogP contribution in [-0.4, -0.2) is 23.5 Å². The Kier molecular flexibility index (Phi) is 5.30. The molecule has 0 fully saturated rings. The Morgan fingerprint density at radius 2 is 2.00 bits per heavy atom. The van der Waals surface area contributed by atoms with Gasteiger partial charge in [0.2, 0.25) is 0 Å². The first-order chi connectivity index (χ1) is 10.5. The van der Waals surface area contributed by atoms with Crippen molar-refractivity contribution in [2.45, 2.75) is 0 Å². The third kappa shape index (κ3) is 4.41. The zero-order valence-corrected chi connectivity index (χ0v) is 12.5. The molecule has 1 aromatic heterocycles. The molecule has 0 aliphatic heterocycles. The molecule has 8 heteroatoms. The number of halogens is 3. The van der Waals surface area contributed by atoms with Crippen molar-refractivity contribution < 1.29 is 18.7 Å². The maximum absolute atomic E-state index is 13.1. The topological polar surface area (TPSA) is 68.3 Å². The van der Waals surface area contributed by atoms with Crippen molar-refractivity contribution in [3.63, 3.8) is 0 Å². The molecule has 0 saturated carbocycles. The summed E-state index contributed by atoms with van der Waals surface area (Å²) in [5.74, 6) is -1.93. The number of rotatable bonds is 4. The van der Waals surface area contributed by atoms with Crippen molar-refractivity contribution in [3.8, 4) is 0 Å². The van der Waals surface area contributed by atoms with E-state index in [0.717, 1.165) is 12.1 Å². The minimum atomic E-state index is -0.732. The summed E-state index contributed by atoms with van der Waals surface area (Å²) in [5.41, 5.74) is 0.247. The molecule has 1 N–H and O–H groups in total. The number of amides is 1. The van der Waals surface area contributed by atoms with E-state index in [1.807, 2.05) is 0 Å². The van der Waals surface area contributed by atoms with Gasteiger partial charge in [-0.1, -0.05) is 23.2 Å². The number of hydrogen-bond acceptors (Lipinski definition) is 4. The van der Waals surface area contributed by atoms with E-state index in [4.69, 9.17) is 27.9 Å². The second-order valence-electron chi connectivity index (χ2n) is 4.12. The van der Waals surface area contributed by atoms with Crippen LogP contribution in [0.4, 0.5) is 10.1 Å². The molecule has 114 valence electrons. The lowest BCUT2D eigenvalue weighted by Gasteiger charge is -2.08. The lowest BCUT2D eigenvalue weighted by Crippen LogP contribution is -2.21. The molecule has 0 aliphatic carbocycles. The van der Waals surface area contributed by atoms with Crippen LogP contribution in [0.3, 0.4) is 0 Å². The fraction of sp³-hybridized carbons (Fsp3) is 0.0714. The van der Waals surface area contributed by atoms with Gasteiger partial charge in [0.15, 0.2) is 6.61 Å². The third-order valence-corrected chi connectivity index (χ3v) is 3.05. The molecule has 0 spiro atoms. The van der Waals surface area contributed by atoms with E-state index >= 15 is 0 Å². The third-order valence-electron chi connectivity index (χ3n) is 2.50. The van der Waals surface area contributed by atoms with Crippen LogP contribution in [0.5, 0.6) is 0 Å². The zero-order chi connectivity index (χ0) is 16.1. The van der Waals surface area contributed by atoms with Gasteiger partial charge in [0, 0.05) is 6.20 Å². The van der Waals surface area contributed by atoms with Crippen LogP contribution in [0.25, 0.3) is 0 Å². The fourth-order valence-electron chi connectivity index (χ4n) is 1.49. The van der Waals surface area contributed by atoms with Crippen LogP contribution in [0.1, 0.15) is 10.4 Å². The Labute approximate surface area is 135 Å². The monoisotopic (exact) mass is 342 g/mol. The molecule has 1 heterocycles. The van der Waals surface area contributed by atoms with Crippen LogP contribution in [-0.2, 0) is 9.53 Å². The number of carbonyl (C=O) groups is 2. The number of benzene rings is 1. The fourth-order valence-corrected chi connectivity index (χ4v) is 1.77. The number of anilines is 1. The van der Waals surface area contributed by atoms with E-state index in [-0.39, 0.29) is 21.4 Å². The van der Waals surface area contributed by atoms with E-state index in [0.29, 0.717) is 0 Å². The average Bonchev–Trinajstić information content (AvgIpc) is 2.49. The molecule has 1 amide bonds. The molecule has 0 aliphatic rings. The summed E-state index contributed by atoms with van der Waals surface area (Å²) >= 11 is 11.4. The molecule has 1 aromatic carbocycles. The van der Waals surface area contributed by atoms with Crippen LogP contribution >= 0.6 is 23.2 Å². The van der Waals surface area contributed by atoms with E-state index in [9.17, 15) is 14.0 Å². The normalized spacial score (nSPS) is 10.1. The predicted octanol–water partition coefficient (Wildman–Crippen LogP) is 3.32. The van der Waals surface area contributed by atoms with Gasteiger partial charge in [-0.25, -0.2) is 14.2 Å². The van der Waals surface area contributed by atoms with Crippen molar-refractivity contribution in [3.05, 3.63) is 58.1 Å². The van der Waals surface area contributed by atoms with E-state index < -0.39 is 24.3 Å². The van der Waals surface area contributed by atoms with Crippen molar-refractivity contribution in [2.75, 3.05) is 11.9 Å². The maximum atomic E-state index is 13.1.